The number of hydrogen-bond acceptors (Lipinski definition) is 6. The number of ether oxygens (including phenoxy) is 2. The lowest BCUT2D eigenvalue weighted by Gasteiger charge is -2.39. The number of methoxy groups -OCH3 is 1. The van der Waals surface area contributed by atoms with Gasteiger partial charge in [-0.15, -0.1) is 0 Å². The van der Waals surface area contributed by atoms with Gasteiger partial charge < -0.3 is 14.4 Å². The normalized spacial score (nSPS) is 14.5. The lowest BCUT2D eigenvalue weighted by atomic mass is 10.0. The summed E-state index contributed by atoms with van der Waals surface area (Å²) in [4.78, 5) is 46.8. The molecule has 9 nitrogen and oxygen atoms in total. The van der Waals surface area contributed by atoms with E-state index in [1.807, 2.05) is 20.8 Å². The minimum Gasteiger partial charge on any atom is -0.385 e. The van der Waals surface area contributed by atoms with Crippen LogP contribution in [0.2, 0.25) is 0 Å². The van der Waals surface area contributed by atoms with Crippen LogP contribution in [-0.2, 0) is 16.0 Å². The van der Waals surface area contributed by atoms with Crippen LogP contribution in [0.15, 0.2) is 15.7 Å². The van der Waals surface area contributed by atoms with Gasteiger partial charge in [0, 0.05) is 45.7 Å². The largest absolute Gasteiger partial charge is 0.385 e. The number of pyridine rings is 1. The van der Waals surface area contributed by atoms with Crippen LogP contribution in [0, 0.1) is 0 Å². The molecule has 0 saturated carbocycles. The lowest BCUT2D eigenvalue weighted by Crippen LogP contribution is -2.55. The van der Waals surface area contributed by atoms with Crippen LogP contribution < -0.4 is 11.2 Å². The zero-order valence-electron chi connectivity index (χ0n) is 18.1. The smallest absolute Gasteiger partial charge is 0.329 e. The Hall–Kier alpha value is -2.52. The van der Waals surface area contributed by atoms with E-state index in [0.29, 0.717) is 45.0 Å². The van der Waals surface area contributed by atoms with Crippen LogP contribution in [0.25, 0.3) is 11.0 Å². The third-order valence-electron chi connectivity index (χ3n) is 5.22. The van der Waals surface area contributed by atoms with Crippen LogP contribution in [0.3, 0.4) is 0 Å². The number of carbonyl (C=O) groups excluding carboxylic acids is 1. The molecule has 3 heterocycles. The van der Waals surface area contributed by atoms with Crippen molar-refractivity contribution < 1.29 is 14.3 Å². The number of H-pyrrole nitrogens is 1. The highest BCUT2D eigenvalue weighted by molar-refractivity contribution is 6.05. The number of aromatic amines is 1. The van der Waals surface area contributed by atoms with Crippen molar-refractivity contribution in [1.82, 2.24) is 19.4 Å². The van der Waals surface area contributed by atoms with Gasteiger partial charge in [-0.25, -0.2) is 9.78 Å². The minimum absolute atomic E-state index is 0.0139. The maximum atomic E-state index is 13.2. The molecular formula is C21H30N4O5. The number of nitrogens with one attached hydrogen (secondary N) is 1. The Kier molecular flexibility index (Phi) is 7.04. The van der Waals surface area contributed by atoms with Gasteiger partial charge in [-0.1, -0.05) is 20.8 Å². The van der Waals surface area contributed by atoms with E-state index in [1.54, 1.807) is 18.1 Å². The van der Waals surface area contributed by atoms with Gasteiger partial charge in [0.05, 0.1) is 17.1 Å². The summed E-state index contributed by atoms with van der Waals surface area (Å²) >= 11 is 0. The number of rotatable bonds is 9. The van der Waals surface area contributed by atoms with Crippen LogP contribution in [-0.4, -0.2) is 64.9 Å². The molecule has 0 bridgehead atoms. The molecular weight excluding hydrogens is 388 g/mol. The number of aromatic nitrogens is 3. The molecule has 30 heavy (non-hydrogen) atoms. The van der Waals surface area contributed by atoms with Gasteiger partial charge in [-0.05, 0) is 24.8 Å². The van der Waals surface area contributed by atoms with Gasteiger partial charge >= 0.3 is 5.69 Å². The van der Waals surface area contributed by atoms with E-state index in [1.165, 1.54) is 4.57 Å². The van der Waals surface area contributed by atoms with Crippen molar-refractivity contribution in [2.75, 3.05) is 33.4 Å². The molecule has 1 N–H and O–H groups in total. The molecule has 1 saturated heterocycles. The fourth-order valence-electron chi connectivity index (χ4n) is 3.52. The van der Waals surface area contributed by atoms with Gasteiger partial charge in [0.15, 0.2) is 5.65 Å². The van der Waals surface area contributed by atoms with Crippen LogP contribution in [0.1, 0.15) is 55.6 Å². The highest BCUT2D eigenvalue weighted by Crippen LogP contribution is 2.23. The van der Waals surface area contributed by atoms with Crippen molar-refractivity contribution in [1.29, 1.82) is 0 Å². The van der Waals surface area contributed by atoms with Gasteiger partial charge in [0.25, 0.3) is 11.5 Å². The summed E-state index contributed by atoms with van der Waals surface area (Å²) in [6.07, 6.45) is 1.49. The number of nitrogens with zero attached hydrogens (tertiary/aromatic N) is 3. The zero-order chi connectivity index (χ0) is 21.8. The zero-order valence-corrected chi connectivity index (χ0v) is 18.1. The first-order chi connectivity index (χ1) is 14.4. The van der Waals surface area contributed by atoms with Gasteiger partial charge in [0.1, 0.15) is 0 Å². The molecule has 1 aliphatic heterocycles. The molecule has 0 aromatic carbocycles. The SMILES string of the molecule is CCCn1c(=O)[nH]c(=O)c2c(C(=O)N3CC(OCCCOC)C3)cc(C(C)C)nc21. The number of amides is 1. The molecule has 1 amide bonds. The minimum atomic E-state index is -0.582. The predicted octanol–water partition coefficient (Wildman–Crippen LogP) is 1.50. The van der Waals surface area contributed by atoms with Gasteiger partial charge in [-0.3, -0.25) is 19.1 Å². The molecule has 0 aliphatic carbocycles. The fourth-order valence-corrected chi connectivity index (χ4v) is 3.52. The van der Waals surface area contributed by atoms with Crippen molar-refractivity contribution in [3.63, 3.8) is 0 Å². The van der Waals surface area contributed by atoms with Gasteiger partial charge in [-0.2, -0.15) is 0 Å². The average molecular weight is 418 g/mol. The number of likely N-dealkylation sites (tertiary alicyclic amines) is 1. The van der Waals surface area contributed by atoms with Crippen molar-refractivity contribution >= 4 is 16.9 Å². The van der Waals surface area contributed by atoms with E-state index in [9.17, 15) is 14.4 Å². The molecule has 1 fully saturated rings. The molecule has 164 valence electrons. The summed E-state index contributed by atoms with van der Waals surface area (Å²) in [6, 6.07) is 1.68. The first kappa shape index (κ1) is 22.2. The summed E-state index contributed by atoms with van der Waals surface area (Å²) in [5.41, 5.74) is 0.144. The maximum absolute atomic E-state index is 13.2. The summed E-state index contributed by atoms with van der Waals surface area (Å²) in [5, 5.41) is 0.168. The van der Waals surface area contributed by atoms with Crippen molar-refractivity contribution in [3.05, 3.63) is 38.2 Å². The standard InChI is InChI=1S/C21H30N4O5/c1-5-7-25-18-17(19(26)23-21(25)28)15(10-16(22-18)13(2)3)20(27)24-11-14(12-24)30-9-6-8-29-4/h10,13-14H,5-9,11-12H2,1-4H3,(H,23,26,28). The van der Waals surface area contributed by atoms with E-state index in [2.05, 4.69) is 9.97 Å². The number of fused-ring (bicyclic) bond motifs is 1. The van der Waals surface area contributed by atoms with Crippen LogP contribution in [0.4, 0.5) is 0 Å². The Labute approximate surface area is 175 Å². The Morgan fingerprint density at radius 2 is 2.03 bits per heavy atom. The van der Waals surface area contributed by atoms with Crippen LogP contribution >= 0.6 is 0 Å². The highest BCUT2D eigenvalue weighted by Gasteiger charge is 2.33. The summed E-state index contributed by atoms with van der Waals surface area (Å²) in [6.45, 7) is 8.44. The third-order valence-corrected chi connectivity index (χ3v) is 5.22. The van der Waals surface area contributed by atoms with E-state index in [0.717, 1.165) is 6.42 Å². The molecule has 9 heteroatoms. The Morgan fingerprint density at radius 1 is 1.30 bits per heavy atom. The molecule has 2 aromatic heterocycles. The van der Waals surface area contributed by atoms with Gasteiger partial charge in [0.2, 0.25) is 0 Å². The quantitative estimate of drug-likeness (QED) is 0.619. The molecule has 2 aromatic rings. The number of carbonyl (C=O) groups is 1. The predicted molar refractivity (Wildman–Crippen MR) is 113 cm³/mol. The Balaban J connectivity index is 1.93. The summed E-state index contributed by atoms with van der Waals surface area (Å²) < 4.78 is 12.2. The summed E-state index contributed by atoms with van der Waals surface area (Å²) in [5.74, 6) is -0.202. The average Bonchev–Trinajstić information content (AvgIpc) is 2.68. The second-order valence-corrected chi connectivity index (χ2v) is 7.91. The maximum Gasteiger partial charge on any atom is 0.329 e. The van der Waals surface area contributed by atoms with Crippen molar-refractivity contribution in [3.8, 4) is 0 Å². The Bertz CT molecular complexity index is 1020. The molecule has 0 radical (unpaired) electrons. The second kappa shape index (κ2) is 9.53. The van der Waals surface area contributed by atoms with Crippen LogP contribution in [0.5, 0.6) is 0 Å². The van der Waals surface area contributed by atoms with E-state index in [4.69, 9.17) is 9.47 Å². The monoisotopic (exact) mass is 418 g/mol. The first-order valence-electron chi connectivity index (χ1n) is 10.4. The van der Waals surface area contributed by atoms with Crippen molar-refractivity contribution in [2.24, 2.45) is 0 Å². The number of hydrogen-bond donors (Lipinski definition) is 1. The molecule has 0 unspecified atom stereocenters. The second-order valence-electron chi connectivity index (χ2n) is 7.91. The number of aryl methyl sites for hydroxylation is 1. The molecule has 1 aliphatic rings. The lowest BCUT2D eigenvalue weighted by molar-refractivity contribution is -0.0464. The van der Waals surface area contributed by atoms with E-state index < -0.39 is 11.2 Å². The Morgan fingerprint density at radius 3 is 2.67 bits per heavy atom. The molecule has 0 spiro atoms. The molecule has 0 atom stereocenters. The topological polar surface area (TPSA) is 107 Å². The summed E-state index contributed by atoms with van der Waals surface area (Å²) in [7, 11) is 1.65. The van der Waals surface area contributed by atoms with E-state index >= 15 is 0 Å². The van der Waals surface area contributed by atoms with Crippen molar-refractivity contribution in [2.45, 2.75) is 52.2 Å². The third kappa shape index (κ3) is 4.46. The first-order valence-corrected chi connectivity index (χ1v) is 10.4. The highest BCUT2D eigenvalue weighted by atomic mass is 16.5. The molecule has 3 rings (SSSR count). The fraction of sp³-hybridized carbons (Fsp3) is 0.619. The van der Waals surface area contributed by atoms with E-state index in [-0.39, 0.29) is 34.5 Å².